The highest BCUT2D eigenvalue weighted by molar-refractivity contribution is 5.74. The second kappa shape index (κ2) is 5.24. The molecule has 0 aliphatic rings. The van der Waals surface area contributed by atoms with Gasteiger partial charge in [-0.3, -0.25) is 4.79 Å². The van der Waals surface area contributed by atoms with E-state index in [1.54, 1.807) is 12.3 Å². The minimum absolute atomic E-state index is 0.102. The van der Waals surface area contributed by atoms with Crippen LogP contribution in [0.4, 0.5) is 11.6 Å². The molecular weight excluding hydrogens is 266 g/mol. The van der Waals surface area contributed by atoms with Crippen LogP contribution in [0.5, 0.6) is 0 Å². The molecular formula is C15H15N5O. The van der Waals surface area contributed by atoms with Gasteiger partial charge < -0.3 is 10.3 Å². The van der Waals surface area contributed by atoms with Gasteiger partial charge in [-0.15, -0.1) is 0 Å². The van der Waals surface area contributed by atoms with Crippen LogP contribution in [0.1, 0.15) is 11.1 Å². The number of aryl methyl sites for hydroxylation is 2. The van der Waals surface area contributed by atoms with E-state index in [1.165, 1.54) is 6.33 Å². The van der Waals surface area contributed by atoms with Crippen molar-refractivity contribution in [3.63, 3.8) is 0 Å². The summed E-state index contributed by atoms with van der Waals surface area (Å²) in [4.78, 5) is 18.2. The van der Waals surface area contributed by atoms with Gasteiger partial charge in [-0.1, -0.05) is 0 Å². The fraction of sp³-hybridized carbons (Fsp3) is 0.133. The lowest BCUT2D eigenvalue weighted by molar-refractivity contribution is 1.09. The Morgan fingerprint density at radius 1 is 1.14 bits per heavy atom. The standard InChI is InChI=1S/C15H15N5O/c1-9-5-12(19-15-17-8-18-20-15)6-10(2)14(9)11-3-4-16-13(21)7-11/h3-8H,1-2H3,(H,16,21)(H2,17,18,19,20). The summed E-state index contributed by atoms with van der Waals surface area (Å²) in [5, 5.41) is 9.72. The first kappa shape index (κ1) is 13.1. The maximum atomic E-state index is 11.5. The van der Waals surface area contributed by atoms with Crippen LogP contribution >= 0.6 is 0 Å². The number of pyridine rings is 1. The van der Waals surface area contributed by atoms with Gasteiger partial charge in [0.1, 0.15) is 6.33 Å². The van der Waals surface area contributed by atoms with Crippen LogP contribution in [0, 0.1) is 13.8 Å². The highest BCUT2D eigenvalue weighted by Crippen LogP contribution is 2.29. The molecule has 0 aliphatic heterocycles. The molecule has 6 heteroatoms. The van der Waals surface area contributed by atoms with Crippen molar-refractivity contribution >= 4 is 11.6 Å². The second-order valence-electron chi connectivity index (χ2n) is 4.89. The van der Waals surface area contributed by atoms with Crippen molar-refractivity contribution in [2.24, 2.45) is 0 Å². The van der Waals surface area contributed by atoms with Gasteiger partial charge in [0.15, 0.2) is 0 Å². The van der Waals surface area contributed by atoms with Crippen molar-refractivity contribution in [3.05, 3.63) is 58.3 Å². The predicted octanol–water partition coefficient (Wildman–Crippen LogP) is 2.52. The number of nitrogens with one attached hydrogen (secondary N) is 3. The lowest BCUT2D eigenvalue weighted by atomic mass is 9.96. The molecule has 0 bridgehead atoms. The van der Waals surface area contributed by atoms with Crippen LogP contribution in [0.25, 0.3) is 11.1 Å². The Balaban J connectivity index is 2.02. The summed E-state index contributed by atoms with van der Waals surface area (Å²) in [5.74, 6) is 0.595. The van der Waals surface area contributed by atoms with Crippen LogP contribution in [-0.4, -0.2) is 20.2 Å². The van der Waals surface area contributed by atoms with Gasteiger partial charge in [-0.25, -0.2) is 5.10 Å². The molecule has 0 unspecified atom stereocenters. The summed E-state index contributed by atoms with van der Waals surface area (Å²) < 4.78 is 0. The van der Waals surface area contributed by atoms with Gasteiger partial charge >= 0.3 is 0 Å². The fourth-order valence-electron chi connectivity index (χ4n) is 2.49. The average molecular weight is 281 g/mol. The molecule has 2 heterocycles. The zero-order chi connectivity index (χ0) is 14.8. The van der Waals surface area contributed by atoms with E-state index in [-0.39, 0.29) is 5.56 Å². The van der Waals surface area contributed by atoms with Gasteiger partial charge in [-0.2, -0.15) is 10.1 Å². The first-order valence-electron chi connectivity index (χ1n) is 6.56. The summed E-state index contributed by atoms with van der Waals surface area (Å²) in [7, 11) is 0. The molecule has 0 fully saturated rings. The normalized spacial score (nSPS) is 10.6. The predicted molar refractivity (Wildman–Crippen MR) is 81.6 cm³/mol. The Hall–Kier alpha value is -2.89. The molecule has 0 aliphatic carbocycles. The fourth-order valence-corrected chi connectivity index (χ4v) is 2.49. The zero-order valence-corrected chi connectivity index (χ0v) is 11.8. The van der Waals surface area contributed by atoms with Crippen molar-refractivity contribution in [1.29, 1.82) is 0 Å². The van der Waals surface area contributed by atoms with Crippen LogP contribution in [0.15, 0.2) is 41.6 Å². The van der Waals surface area contributed by atoms with E-state index < -0.39 is 0 Å². The highest BCUT2D eigenvalue weighted by atomic mass is 16.1. The van der Waals surface area contributed by atoms with E-state index in [4.69, 9.17) is 0 Å². The largest absolute Gasteiger partial charge is 0.329 e. The quantitative estimate of drug-likeness (QED) is 0.688. The molecule has 0 spiro atoms. The molecule has 1 aromatic carbocycles. The molecule has 106 valence electrons. The third-order valence-corrected chi connectivity index (χ3v) is 3.27. The van der Waals surface area contributed by atoms with Crippen molar-refractivity contribution in [2.75, 3.05) is 5.32 Å². The van der Waals surface area contributed by atoms with E-state index in [0.717, 1.165) is 27.9 Å². The number of hydrogen-bond acceptors (Lipinski definition) is 4. The van der Waals surface area contributed by atoms with E-state index in [2.05, 4.69) is 25.5 Å². The number of rotatable bonds is 3. The van der Waals surface area contributed by atoms with Crippen molar-refractivity contribution in [3.8, 4) is 11.1 Å². The molecule has 0 atom stereocenters. The Kier molecular flexibility index (Phi) is 3.27. The summed E-state index contributed by atoms with van der Waals surface area (Å²) in [5.41, 5.74) is 4.99. The van der Waals surface area contributed by atoms with Crippen LogP contribution in [-0.2, 0) is 0 Å². The van der Waals surface area contributed by atoms with Crippen molar-refractivity contribution < 1.29 is 0 Å². The van der Waals surface area contributed by atoms with E-state index >= 15 is 0 Å². The minimum Gasteiger partial charge on any atom is -0.329 e. The first-order chi connectivity index (χ1) is 10.1. The third-order valence-electron chi connectivity index (χ3n) is 3.27. The Labute approximate surface area is 121 Å². The lowest BCUT2D eigenvalue weighted by Gasteiger charge is -2.13. The topological polar surface area (TPSA) is 86.5 Å². The Bertz CT molecular complexity index is 797. The maximum Gasteiger partial charge on any atom is 0.248 e. The summed E-state index contributed by atoms with van der Waals surface area (Å²) in [6.07, 6.45) is 3.11. The number of nitrogens with zero attached hydrogens (tertiary/aromatic N) is 2. The minimum atomic E-state index is -0.102. The van der Waals surface area contributed by atoms with Gasteiger partial charge in [0.05, 0.1) is 0 Å². The molecule has 6 nitrogen and oxygen atoms in total. The molecule has 21 heavy (non-hydrogen) atoms. The second-order valence-corrected chi connectivity index (χ2v) is 4.89. The van der Waals surface area contributed by atoms with Crippen LogP contribution in [0.3, 0.4) is 0 Å². The third kappa shape index (κ3) is 2.69. The molecule has 0 saturated heterocycles. The smallest absolute Gasteiger partial charge is 0.248 e. The number of H-pyrrole nitrogens is 2. The van der Waals surface area contributed by atoms with Crippen LogP contribution < -0.4 is 10.9 Å². The molecule has 3 rings (SSSR count). The molecule has 0 radical (unpaired) electrons. The van der Waals surface area contributed by atoms with Gasteiger partial charge in [0.25, 0.3) is 0 Å². The monoisotopic (exact) mass is 281 g/mol. The summed E-state index contributed by atoms with van der Waals surface area (Å²) in [6.45, 7) is 4.05. The molecule has 0 saturated carbocycles. The van der Waals surface area contributed by atoms with E-state index in [1.807, 2.05) is 32.0 Å². The summed E-state index contributed by atoms with van der Waals surface area (Å²) >= 11 is 0. The van der Waals surface area contributed by atoms with Crippen molar-refractivity contribution in [1.82, 2.24) is 20.2 Å². The van der Waals surface area contributed by atoms with E-state index in [9.17, 15) is 4.79 Å². The van der Waals surface area contributed by atoms with E-state index in [0.29, 0.717) is 5.95 Å². The molecule has 3 aromatic rings. The lowest BCUT2D eigenvalue weighted by Crippen LogP contribution is -2.03. The van der Waals surface area contributed by atoms with Gasteiger partial charge in [-0.05, 0) is 54.3 Å². The van der Waals surface area contributed by atoms with Crippen molar-refractivity contribution in [2.45, 2.75) is 13.8 Å². The average Bonchev–Trinajstić information content (AvgIpc) is 2.91. The SMILES string of the molecule is Cc1cc(Nc2ncn[nH]2)cc(C)c1-c1cc[nH]c(=O)c1. The molecule has 0 amide bonds. The van der Waals surface area contributed by atoms with Gasteiger partial charge in [0, 0.05) is 18.0 Å². The molecule has 3 N–H and O–H groups in total. The number of aromatic amines is 2. The molecule has 2 aromatic heterocycles. The first-order valence-corrected chi connectivity index (χ1v) is 6.56. The Morgan fingerprint density at radius 2 is 1.90 bits per heavy atom. The van der Waals surface area contributed by atoms with Crippen LogP contribution in [0.2, 0.25) is 0 Å². The number of anilines is 2. The highest BCUT2D eigenvalue weighted by Gasteiger charge is 2.09. The maximum absolute atomic E-state index is 11.5. The number of hydrogen-bond donors (Lipinski definition) is 3. The summed E-state index contributed by atoms with van der Waals surface area (Å²) in [6, 6.07) is 7.55. The number of aromatic nitrogens is 4. The number of benzene rings is 1. The zero-order valence-electron chi connectivity index (χ0n) is 11.8. The Morgan fingerprint density at radius 3 is 2.52 bits per heavy atom. The van der Waals surface area contributed by atoms with Gasteiger partial charge in [0.2, 0.25) is 11.5 Å².